The zero-order chi connectivity index (χ0) is 20.0. The summed E-state index contributed by atoms with van der Waals surface area (Å²) in [4.78, 5) is 39.3. The second-order valence-electron chi connectivity index (χ2n) is 6.85. The maximum Gasteiger partial charge on any atom is 0.338 e. The van der Waals surface area contributed by atoms with E-state index in [9.17, 15) is 14.4 Å². The molecule has 0 fully saturated rings. The van der Waals surface area contributed by atoms with E-state index in [4.69, 9.17) is 4.74 Å². The molecule has 0 aliphatic carbocycles. The van der Waals surface area contributed by atoms with Crippen LogP contribution in [0.25, 0.3) is 16.5 Å². The van der Waals surface area contributed by atoms with Crippen LogP contribution in [0.1, 0.15) is 31.0 Å². The lowest BCUT2D eigenvalue weighted by Gasteiger charge is -2.18. The molecular weight excluding hydrogens is 356 g/mol. The Labute approximate surface area is 161 Å². The average molecular weight is 376 g/mol. The van der Waals surface area contributed by atoms with Gasteiger partial charge in [-0.15, -0.1) is 0 Å². The number of esters is 1. The largest absolute Gasteiger partial charge is 0.463 e. The number of carbonyl (C=O) groups excluding carboxylic acids is 1. The third-order valence-electron chi connectivity index (χ3n) is 5.12. The number of hydrogen-bond donors (Lipinski definition) is 0. The SMILES string of the molecule is CCOC(=O)C1=C(C)n2c(=O)c3ccccc3c(=O)n2C1c1ccc(C)cc1. The van der Waals surface area contributed by atoms with Crippen molar-refractivity contribution in [3.8, 4) is 0 Å². The number of rotatable bonds is 3. The number of nitrogens with zero attached hydrogens (tertiary/aromatic N) is 2. The summed E-state index contributed by atoms with van der Waals surface area (Å²) in [5.74, 6) is -0.523. The van der Waals surface area contributed by atoms with Gasteiger partial charge in [0.2, 0.25) is 0 Å². The van der Waals surface area contributed by atoms with Crippen molar-refractivity contribution in [3.63, 3.8) is 0 Å². The zero-order valence-electron chi connectivity index (χ0n) is 15.9. The fourth-order valence-corrected chi connectivity index (χ4v) is 3.79. The van der Waals surface area contributed by atoms with E-state index < -0.39 is 12.0 Å². The molecule has 1 atom stereocenters. The Morgan fingerprint density at radius 1 is 0.964 bits per heavy atom. The van der Waals surface area contributed by atoms with E-state index in [-0.39, 0.29) is 17.7 Å². The van der Waals surface area contributed by atoms with Crippen molar-refractivity contribution in [1.29, 1.82) is 0 Å². The minimum Gasteiger partial charge on any atom is -0.463 e. The molecule has 6 heteroatoms. The lowest BCUT2D eigenvalue weighted by atomic mass is 9.97. The number of carbonyl (C=O) groups is 1. The average Bonchev–Trinajstić information content (AvgIpc) is 3.00. The van der Waals surface area contributed by atoms with Crippen molar-refractivity contribution in [1.82, 2.24) is 9.36 Å². The monoisotopic (exact) mass is 376 g/mol. The highest BCUT2D eigenvalue weighted by Crippen LogP contribution is 2.35. The van der Waals surface area contributed by atoms with E-state index in [0.717, 1.165) is 11.1 Å². The molecule has 1 aromatic heterocycles. The molecule has 0 amide bonds. The third kappa shape index (κ3) is 2.52. The van der Waals surface area contributed by atoms with Crippen molar-refractivity contribution < 1.29 is 9.53 Å². The number of aryl methyl sites for hydroxylation is 1. The van der Waals surface area contributed by atoms with Crippen LogP contribution in [0.2, 0.25) is 0 Å². The Balaban J connectivity index is 2.10. The number of ether oxygens (including phenoxy) is 1. The van der Waals surface area contributed by atoms with Crippen LogP contribution in [-0.4, -0.2) is 21.9 Å². The molecule has 142 valence electrons. The van der Waals surface area contributed by atoms with E-state index in [1.54, 1.807) is 38.1 Å². The van der Waals surface area contributed by atoms with Crippen LogP contribution < -0.4 is 11.1 Å². The third-order valence-corrected chi connectivity index (χ3v) is 5.12. The summed E-state index contributed by atoms with van der Waals surface area (Å²) in [7, 11) is 0. The molecule has 0 spiro atoms. The summed E-state index contributed by atoms with van der Waals surface area (Å²) in [5, 5.41) is 0.662. The van der Waals surface area contributed by atoms with Crippen LogP contribution in [0.5, 0.6) is 0 Å². The Morgan fingerprint density at radius 2 is 1.57 bits per heavy atom. The highest BCUT2D eigenvalue weighted by molar-refractivity contribution is 5.97. The van der Waals surface area contributed by atoms with Crippen LogP contribution in [0.4, 0.5) is 0 Å². The lowest BCUT2D eigenvalue weighted by molar-refractivity contribution is -0.138. The van der Waals surface area contributed by atoms with E-state index in [1.165, 1.54) is 9.36 Å². The fourth-order valence-electron chi connectivity index (χ4n) is 3.79. The topological polar surface area (TPSA) is 70.3 Å². The molecule has 0 saturated heterocycles. The Kier molecular flexibility index (Phi) is 4.26. The van der Waals surface area contributed by atoms with E-state index in [1.807, 2.05) is 31.2 Å². The summed E-state index contributed by atoms with van der Waals surface area (Å²) in [5.41, 5.74) is 1.88. The van der Waals surface area contributed by atoms with Crippen LogP contribution in [0.3, 0.4) is 0 Å². The molecule has 4 rings (SSSR count). The highest BCUT2D eigenvalue weighted by atomic mass is 16.5. The molecule has 0 saturated carbocycles. The molecule has 0 N–H and O–H groups in total. The Bertz CT molecular complexity index is 1250. The molecule has 3 aromatic rings. The van der Waals surface area contributed by atoms with Crippen molar-refractivity contribution in [2.75, 3.05) is 6.61 Å². The second-order valence-corrected chi connectivity index (χ2v) is 6.85. The molecule has 0 bridgehead atoms. The van der Waals surface area contributed by atoms with Gasteiger partial charge in [-0.05, 0) is 38.5 Å². The summed E-state index contributed by atoms with van der Waals surface area (Å²) < 4.78 is 7.93. The highest BCUT2D eigenvalue weighted by Gasteiger charge is 2.37. The number of aromatic nitrogens is 2. The van der Waals surface area contributed by atoms with Gasteiger partial charge < -0.3 is 4.74 Å². The van der Waals surface area contributed by atoms with Crippen molar-refractivity contribution >= 4 is 22.4 Å². The number of hydrogen-bond acceptors (Lipinski definition) is 4. The van der Waals surface area contributed by atoms with Crippen LogP contribution in [0.15, 0.2) is 63.7 Å². The van der Waals surface area contributed by atoms with Crippen molar-refractivity contribution in [2.24, 2.45) is 0 Å². The summed E-state index contributed by atoms with van der Waals surface area (Å²) >= 11 is 0. The van der Waals surface area contributed by atoms with Gasteiger partial charge >= 0.3 is 5.97 Å². The second kappa shape index (κ2) is 6.64. The van der Waals surface area contributed by atoms with Crippen molar-refractivity contribution in [3.05, 3.63) is 85.9 Å². The van der Waals surface area contributed by atoms with E-state index in [2.05, 4.69) is 0 Å². The molecular formula is C22H20N2O4. The first kappa shape index (κ1) is 18.0. The molecule has 6 nitrogen and oxygen atoms in total. The smallest absolute Gasteiger partial charge is 0.338 e. The van der Waals surface area contributed by atoms with Gasteiger partial charge in [-0.3, -0.25) is 9.59 Å². The van der Waals surface area contributed by atoms with Gasteiger partial charge in [-0.1, -0.05) is 42.0 Å². The minimum atomic E-state index is -0.718. The van der Waals surface area contributed by atoms with Crippen LogP contribution >= 0.6 is 0 Å². The summed E-state index contributed by atoms with van der Waals surface area (Å²) in [6.45, 7) is 5.57. The lowest BCUT2D eigenvalue weighted by Crippen LogP contribution is -2.37. The first-order valence-electron chi connectivity index (χ1n) is 9.17. The molecule has 28 heavy (non-hydrogen) atoms. The number of fused-ring (bicyclic) bond motifs is 2. The van der Waals surface area contributed by atoms with Crippen LogP contribution in [-0.2, 0) is 9.53 Å². The molecule has 2 aromatic carbocycles. The van der Waals surface area contributed by atoms with Crippen molar-refractivity contribution in [2.45, 2.75) is 26.8 Å². The fraction of sp³-hybridized carbons (Fsp3) is 0.227. The summed E-state index contributed by atoms with van der Waals surface area (Å²) in [6.07, 6.45) is 0. The Hall–Kier alpha value is -3.41. The number of benzene rings is 2. The predicted molar refractivity (Wildman–Crippen MR) is 107 cm³/mol. The van der Waals surface area contributed by atoms with Gasteiger partial charge in [0.05, 0.1) is 28.6 Å². The molecule has 1 aliphatic heterocycles. The zero-order valence-corrected chi connectivity index (χ0v) is 15.9. The molecule has 1 unspecified atom stereocenters. The Morgan fingerprint density at radius 3 is 2.18 bits per heavy atom. The predicted octanol–water partition coefficient (Wildman–Crippen LogP) is 2.87. The van der Waals surface area contributed by atoms with Gasteiger partial charge in [0.25, 0.3) is 11.1 Å². The van der Waals surface area contributed by atoms with Gasteiger partial charge in [0, 0.05) is 0 Å². The van der Waals surface area contributed by atoms with Gasteiger partial charge in [0.15, 0.2) is 0 Å². The molecule has 2 heterocycles. The summed E-state index contributed by atoms with van der Waals surface area (Å²) in [6, 6.07) is 13.6. The molecule has 1 aliphatic rings. The first-order chi connectivity index (χ1) is 13.5. The number of allylic oxidation sites excluding steroid dienone is 1. The van der Waals surface area contributed by atoms with Gasteiger partial charge in [-0.2, -0.15) is 0 Å². The van der Waals surface area contributed by atoms with E-state index in [0.29, 0.717) is 22.0 Å². The van der Waals surface area contributed by atoms with Gasteiger partial charge in [0.1, 0.15) is 6.04 Å². The van der Waals surface area contributed by atoms with Crippen LogP contribution in [0, 0.1) is 6.92 Å². The first-order valence-corrected chi connectivity index (χ1v) is 9.17. The minimum absolute atomic E-state index is 0.207. The normalized spacial score (nSPS) is 15.8. The van der Waals surface area contributed by atoms with E-state index >= 15 is 0 Å². The van der Waals surface area contributed by atoms with Gasteiger partial charge in [-0.25, -0.2) is 14.2 Å². The standard InChI is InChI=1S/C22H20N2O4/c1-4-28-22(27)18-14(3)23-20(25)16-7-5-6-8-17(16)21(26)24(23)19(18)15-11-9-13(2)10-12-15/h5-12,19H,4H2,1-3H3. The maximum atomic E-state index is 13.3. The molecule has 0 radical (unpaired) electrons. The quantitative estimate of drug-likeness (QED) is 0.659. The maximum absolute atomic E-state index is 13.3.